The number of thioether (sulfide) groups is 1. The van der Waals surface area contributed by atoms with E-state index in [0.29, 0.717) is 16.1 Å². The molecule has 1 heterocycles. The van der Waals surface area contributed by atoms with Gasteiger partial charge in [0.05, 0.1) is 17.1 Å². The predicted molar refractivity (Wildman–Crippen MR) is 97.2 cm³/mol. The fourth-order valence-corrected chi connectivity index (χ4v) is 3.56. The number of nitrogens with one attached hydrogen (secondary N) is 1. The van der Waals surface area contributed by atoms with Gasteiger partial charge in [-0.3, -0.25) is 14.4 Å². The van der Waals surface area contributed by atoms with Crippen LogP contribution in [-0.2, 0) is 16.0 Å². The number of hydrogen-bond donors (Lipinski definition) is 2. The number of anilines is 1. The molecule has 0 fully saturated rings. The molecule has 7 heteroatoms. The van der Waals surface area contributed by atoms with E-state index in [4.69, 9.17) is 5.11 Å². The number of rotatable bonds is 8. The first-order chi connectivity index (χ1) is 11.5. The third kappa shape index (κ3) is 4.94. The number of ketones is 1. The second-order valence-electron chi connectivity index (χ2n) is 4.94. The standard InChI is InChI=1S/C17H17NO4S2/c1-2-12-8-13(16(22)11-6-4-3-5-7-11)17(24-12)18-14(19)9-23-10-15(20)21/h3-8H,2,9-10H2,1H3,(H,18,19)(H,20,21). The van der Waals surface area contributed by atoms with Gasteiger partial charge in [0.1, 0.15) is 5.00 Å². The van der Waals surface area contributed by atoms with Crippen molar-refractivity contribution in [2.24, 2.45) is 0 Å². The van der Waals surface area contributed by atoms with E-state index in [2.05, 4.69) is 5.32 Å². The fourth-order valence-electron chi connectivity index (χ4n) is 2.02. The molecule has 2 N–H and O–H groups in total. The molecule has 0 atom stereocenters. The van der Waals surface area contributed by atoms with Gasteiger partial charge in [0.15, 0.2) is 5.78 Å². The number of amides is 1. The Bertz CT molecular complexity index is 740. The Morgan fingerprint density at radius 3 is 2.50 bits per heavy atom. The molecule has 0 spiro atoms. The van der Waals surface area contributed by atoms with Crippen molar-refractivity contribution in [1.29, 1.82) is 0 Å². The number of aryl methyl sites for hydroxylation is 1. The van der Waals surface area contributed by atoms with E-state index in [9.17, 15) is 14.4 Å². The number of carbonyl (C=O) groups is 3. The van der Waals surface area contributed by atoms with E-state index >= 15 is 0 Å². The number of thiophene rings is 1. The van der Waals surface area contributed by atoms with Gasteiger partial charge in [-0.05, 0) is 12.5 Å². The van der Waals surface area contributed by atoms with Crippen LogP contribution in [0.3, 0.4) is 0 Å². The van der Waals surface area contributed by atoms with Crippen LogP contribution in [0.25, 0.3) is 0 Å². The predicted octanol–water partition coefficient (Wildman–Crippen LogP) is 3.30. The first-order valence-electron chi connectivity index (χ1n) is 7.33. The number of hydrogen-bond acceptors (Lipinski definition) is 5. The van der Waals surface area contributed by atoms with Gasteiger partial charge in [-0.2, -0.15) is 0 Å². The molecule has 2 rings (SSSR count). The summed E-state index contributed by atoms with van der Waals surface area (Å²) in [7, 11) is 0. The zero-order valence-electron chi connectivity index (χ0n) is 13.1. The first-order valence-corrected chi connectivity index (χ1v) is 9.30. The summed E-state index contributed by atoms with van der Waals surface area (Å²) >= 11 is 2.39. The van der Waals surface area contributed by atoms with Crippen LogP contribution in [0.5, 0.6) is 0 Å². The van der Waals surface area contributed by atoms with Gasteiger partial charge in [0.25, 0.3) is 0 Å². The zero-order valence-corrected chi connectivity index (χ0v) is 14.7. The molecule has 1 amide bonds. The zero-order chi connectivity index (χ0) is 17.5. The lowest BCUT2D eigenvalue weighted by molar-refractivity contribution is -0.133. The lowest BCUT2D eigenvalue weighted by Gasteiger charge is -2.05. The number of carbonyl (C=O) groups excluding carboxylic acids is 2. The average Bonchev–Trinajstić information content (AvgIpc) is 2.97. The fraction of sp³-hybridized carbons (Fsp3) is 0.235. The van der Waals surface area contributed by atoms with E-state index in [1.807, 2.05) is 13.0 Å². The Balaban J connectivity index is 2.15. The Morgan fingerprint density at radius 2 is 1.88 bits per heavy atom. The van der Waals surface area contributed by atoms with Gasteiger partial charge in [0.2, 0.25) is 5.91 Å². The molecule has 0 saturated heterocycles. The molecule has 0 aliphatic rings. The summed E-state index contributed by atoms with van der Waals surface area (Å²) in [6, 6.07) is 10.7. The molecule has 2 aromatic rings. The van der Waals surface area contributed by atoms with Gasteiger partial charge in [-0.1, -0.05) is 37.3 Å². The Morgan fingerprint density at radius 1 is 1.17 bits per heavy atom. The first kappa shape index (κ1) is 18.2. The second kappa shape index (κ2) is 8.65. The highest BCUT2D eigenvalue weighted by molar-refractivity contribution is 8.00. The minimum absolute atomic E-state index is 0.0324. The van der Waals surface area contributed by atoms with Crippen molar-refractivity contribution in [2.45, 2.75) is 13.3 Å². The third-order valence-electron chi connectivity index (χ3n) is 3.12. The molecule has 0 saturated carbocycles. The summed E-state index contributed by atoms with van der Waals surface area (Å²) in [5.74, 6) is -1.51. The van der Waals surface area contributed by atoms with E-state index in [1.165, 1.54) is 11.3 Å². The minimum Gasteiger partial charge on any atom is -0.481 e. The highest BCUT2D eigenvalue weighted by atomic mass is 32.2. The highest BCUT2D eigenvalue weighted by Crippen LogP contribution is 2.30. The Hall–Kier alpha value is -2.12. The maximum Gasteiger partial charge on any atom is 0.313 e. The van der Waals surface area contributed by atoms with Crippen LogP contribution in [0.2, 0.25) is 0 Å². The maximum atomic E-state index is 12.7. The van der Waals surface area contributed by atoms with Crippen molar-refractivity contribution in [3.05, 3.63) is 52.4 Å². The highest BCUT2D eigenvalue weighted by Gasteiger charge is 2.19. The van der Waals surface area contributed by atoms with Gasteiger partial charge >= 0.3 is 5.97 Å². The van der Waals surface area contributed by atoms with Crippen LogP contribution >= 0.6 is 23.1 Å². The summed E-state index contributed by atoms with van der Waals surface area (Å²) in [5, 5.41) is 11.8. The van der Waals surface area contributed by atoms with Crippen molar-refractivity contribution >= 4 is 45.8 Å². The van der Waals surface area contributed by atoms with E-state index < -0.39 is 5.97 Å². The van der Waals surface area contributed by atoms with Gasteiger partial charge in [-0.15, -0.1) is 23.1 Å². The number of aliphatic carboxylic acids is 1. The lowest BCUT2D eigenvalue weighted by Crippen LogP contribution is -2.16. The van der Waals surface area contributed by atoms with E-state index in [1.54, 1.807) is 30.3 Å². The van der Waals surface area contributed by atoms with Crippen LogP contribution < -0.4 is 5.32 Å². The maximum absolute atomic E-state index is 12.7. The van der Waals surface area contributed by atoms with Crippen molar-refractivity contribution in [3.8, 4) is 0 Å². The molecule has 0 radical (unpaired) electrons. The molecule has 24 heavy (non-hydrogen) atoms. The molecule has 126 valence electrons. The van der Waals surface area contributed by atoms with Crippen molar-refractivity contribution in [1.82, 2.24) is 0 Å². The number of carboxylic acids is 1. The number of benzene rings is 1. The topological polar surface area (TPSA) is 83.5 Å². The molecule has 0 bridgehead atoms. The van der Waals surface area contributed by atoms with Crippen LogP contribution in [0.4, 0.5) is 5.00 Å². The SMILES string of the molecule is CCc1cc(C(=O)c2ccccc2)c(NC(=O)CSCC(=O)O)s1. The molecule has 0 unspecified atom stereocenters. The monoisotopic (exact) mass is 363 g/mol. The summed E-state index contributed by atoms with van der Waals surface area (Å²) in [4.78, 5) is 36.1. The van der Waals surface area contributed by atoms with Crippen molar-refractivity contribution in [2.75, 3.05) is 16.8 Å². The second-order valence-corrected chi connectivity index (χ2v) is 7.06. The molecular formula is C17H17NO4S2. The van der Waals surface area contributed by atoms with Gasteiger partial charge in [0, 0.05) is 10.4 Å². The minimum atomic E-state index is -0.961. The van der Waals surface area contributed by atoms with E-state index in [0.717, 1.165) is 23.1 Å². The van der Waals surface area contributed by atoms with E-state index in [-0.39, 0.29) is 23.2 Å². The molecule has 5 nitrogen and oxygen atoms in total. The summed E-state index contributed by atoms with van der Waals surface area (Å²) in [6.45, 7) is 1.98. The molecule has 0 aliphatic carbocycles. The van der Waals surface area contributed by atoms with Crippen molar-refractivity contribution in [3.63, 3.8) is 0 Å². The van der Waals surface area contributed by atoms with Gasteiger partial charge < -0.3 is 10.4 Å². The average molecular weight is 363 g/mol. The summed E-state index contributed by atoms with van der Waals surface area (Å²) in [6.07, 6.45) is 0.767. The van der Waals surface area contributed by atoms with Gasteiger partial charge in [-0.25, -0.2) is 0 Å². The van der Waals surface area contributed by atoms with Crippen LogP contribution in [0.15, 0.2) is 36.4 Å². The Kier molecular flexibility index (Phi) is 6.57. The molecule has 1 aromatic heterocycles. The number of carboxylic acid groups (broad SMARTS) is 1. The lowest BCUT2D eigenvalue weighted by atomic mass is 10.1. The molecule has 0 aliphatic heterocycles. The summed E-state index contributed by atoms with van der Waals surface area (Å²) in [5.41, 5.74) is 1.04. The third-order valence-corrected chi connectivity index (χ3v) is 5.24. The largest absolute Gasteiger partial charge is 0.481 e. The van der Waals surface area contributed by atoms with Crippen LogP contribution in [0, 0.1) is 0 Å². The Labute approximate surface area is 148 Å². The molecular weight excluding hydrogens is 346 g/mol. The molecule has 1 aromatic carbocycles. The van der Waals surface area contributed by atoms with Crippen LogP contribution in [0.1, 0.15) is 27.7 Å². The summed E-state index contributed by atoms with van der Waals surface area (Å²) < 4.78 is 0. The quantitative estimate of drug-likeness (QED) is 0.703. The normalized spacial score (nSPS) is 10.4. The van der Waals surface area contributed by atoms with Crippen LogP contribution in [-0.4, -0.2) is 34.3 Å². The smallest absolute Gasteiger partial charge is 0.313 e. The van der Waals surface area contributed by atoms with Crippen molar-refractivity contribution < 1.29 is 19.5 Å².